The van der Waals surface area contributed by atoms with Gasteiger partial charge in [-0.1, -0.05) is 29.5 Å². The fraction of sp³-hybridized carbons (Fsp3) is 0.125. The highest BCUT2D eigenvalue weighted by molar-refractivity contribution is 7.16. The van der Waals surface area contributed by atoms with Crippen LogP contribution in [0.5, 0.6) is 5.75 Å². The number of para-hydroxylation sites is 1. The Morgan fingerprint density at radius 3 is 2.62 bits per heavy atom. The van der Waals surface area contributed by atoms with Crippen LogP contribution in [0.4, 0.5) is 13.2 Å². The number of rotatable bonds is 3. The van der Waals surface area contributed by atoms with Crippen LogP contribution in [0, 0.1) is 0 Å². The van der Waals surface area contributed by atoms with E-state index in [0.717, 1.165) is 34.2 Å². The van der Waals surface area contributed by atoms with Gasteiger partial charge in [-0.05, 0) is 30.3 Å². The summed E-state index contributed by atoms with van der Waals surface area (Å²) >= 11 is 0.984. The number of fused-ring (bicyclic) bond motifs is 1. The minimum absolute atomic E-state index is 0.220. The molecule has 3 aromatic rings. The second-order valence-electron chi connectivity index (χ2n) is 4.92. The predicted octanol–water partition coefficient (Wildman–Crippen LogP) is 3.69. The number of esters is 1. The minimum atomic E-state index is -4.52. The van der Waals surface area contributed by atoms with Crippen LogP contribution in [-0.4, -0.2) is 10.5 Å². The zero-order chi connectivity index (χ0) is 17.3. The third-order valence-corrected chi connectivity index (χ3v) is 4.21. The van der Waals surface area contributed by atoms with E-state index in [1.54, 1.807) is 24.3 Å². The van der Waals surface area contributed by atoms with Crippen LogP contribution in [0.15, 0.2) is 53.3 Å². The summed E-state index contributed by atoms with van der Waals surface area (Å²) in [7, 11) is 0. The highest BCUT2D eigenvalue weighted by atomic mass is 32.1. The highest BCUT2D eigenvalue weighted by Gasteiger charge is 2.30. The molecule has 3 rings (SSSR count). The summed E-state index contributed by atoms with van der Waals surface area (Å²) in [4.78, 5) is 23.6. The molecule has 0 atom stereocenters. The summed E-state index contributed by atoms with van der Waals surface area (Å²) in [5.41, 5.74) is -0.334. The maximum Gasteiger partial charge on any atom is 0.416 e. The van der Waals surface area contributed by atoms with Gasteiger partial charge in [0.15, 0.2) is 0 Å². The summed E-state index contributed by atoms with van der Waals surface area (Å²) < 4.78 is 44.8. The Labute approximate surface area is 137 Å². The lowest BCUT2D eigenvalue weighted by atomic mass is 10.2. The van der Waals surface area contributed by atoms with Crippen molar-refractivity contribution >= 4 is 27.5 Å². The van der Waals surface area contributed by atoms with Gasteiger partial charge >= 0.3 is 17.0 Å². The highest BCUT2D eigenvalue weighted by Crippen LogP contribution is 2.31. The molecule has 0 aliphatic rings. The molecule has 0 saturated carbocycles. The van der Waals surface area contributed by atoms with Crippen LogP contribution in [0.25, 0.3) is 10.2 Å². The number of carbonyl (C=O) groups is 1. The molecule has 4 nitrogen and oxygen atoms in total. The van der Waals surface area contributed by atoms with E-state index in [9.17, 15) is 22.8 Å². The van der Waals surface area contributed by atoms with Crippen molar-refractivity contribution in [1.82, 2.24) is 4.57 Å². The Bertz CT molecular complexity index is 959. The second kappa shape index (κ2) is 6.12. The van der Waals surface area contributed by atoms with Gasteiger partial charge < -0.3 is 4.74 Å². The van der Waals surface area contributed by atoms with Crippen LogP contribution in [0.1, 0.15) is 5.56 Å². The Kier molecular flexibility index (Phi) is 4.15. The molecular formula is C16H10F3NO3S. The predicted molar refractivity (Wildman–Crippen MR) is 83.2 cm³/mol. The van der Waals surface area contributed by atoms with Crippen LogP contribution < -0.4 is 9.61 Å². The minimum Gasteiger partial charge on any atom is -0.425 e. The second-order valence-corrected chi connectivity index (χ2v) is 5.91. The van der Waals surface area contributed by atoms with Gasteiger partial charge in [0, 0.05) is 0 Å². The van der Waals surface area contributed by atoms with Gasteiger partial charge in [0.25, 0.3) is 0 Å². The van der Waals surface area contributed by atoms with Crippen LogP contribution in [-0.2, 0) is 17.5 Å². The Hall–Kier alpha value is -2.61. The number of nitrogens with zero attached hydrogens (tertiary/aromatic N) is 1. The summed E-state index contributed by atoms with van der Waals surface area (Å²) in [5.74, 6) is -1.04. The number of halogens is 3. The molecule has 8 heteroatoms. The lowest BCUT2D eigenvalue weighted by Gasteiger charge is -2.09. The van der Waals surface area contributed by atoms with E-state index in [2.05, 4.69) is 0 Å². The molecule has 0 aliphatic heterocycles. The lowest BCUT2D eigenvalue weighted by Crippen LogP contribution is -2.22. The van der Waals surface area contributed by atoms with Gasteiger partial charge in [-0.3, -0.25) is 9.36 Å². The Morgan fingerprint density at radius 2 is 1.88 bits per heavy atom. The molecule has 24 heavy (non-hydrogen) atoms. The van der Waals surface area contributed by atoms with Crippen LogP contribution >= 0.6 is 11.3 Å². The van der Waals surface area contributed by atoms with Crippen molar-refractivity contribution in [2.75, 3.05) is 0 Å². The van der Waals surface area contributed by atoms with Crippen molar-refractivity contribution in [1.29, 1.82) is 0 Å². The van der Waals surface area contributed by atoms with Gasteiger partial charge in [-0.15, -0.1) is 0 Å². The topological polar surface area (TPSA) is 48.3 Å². The quantitative estimate of drug-likeness (QED) is 0.533. The summed E-state index contributed by atoms with van der Waals surface area (Å²) in [5, 5.41) is 0. The van der Waals surface area contributed by atoms with E-state index in [-0.39, 0.29) is 17.2 Å². The SMILES string of the molecule is O=C(Cn1c(=O)sc2ccccc21)Oc1cccc(C(F)(F)F)c1. The van der Waals surface area contributed by atoms with Crippen molar-refractivity contribution in [3.63, 3.8) is 0 Å². The fourth-order valence-corrected chi connectivity index (χ4v) is 3.08. The number of hydrogen-bond acceptors (Lipinski definition) is 4. The molecule has 0 unspecified atom stereocenters. The molecule has 0 spiro atoms. The summed E-state index contributed by atoms with van der Waals surface area (Å²) in [6.45, 7) is -0.376. The van der Waals surface area contributed by atoms with Crippen LogP contribution in [0.2, 0.25) is 0 Å². The van der Waals surface area contributed by atoms with Gasteiger partial charge in [0.05, 0.1) is 15.8 Å². The van der Waals surface area contributed by atoms with Gasteiger partial charge in [-0.2, -0.15) is 13.2 Å². The van der Waals surface area contributed by atoms with E-state index in [1.165, 1.54) is 10.6 Å². The molecule has 0 radical (unpaired) electrons. The number of carbonyl (C=O) groups excluding carboxylic acids is 1. The first kappa shape index (κ1) is 16.3. The number of ether oxygens (including phenoxy) is 1. The summed E-state index contributed by atoms with van der Waals surface area (Å²) in [6, 6.07) is 11.0. The van der Waals surface area contributed by atoms with Gasteiger partial charge in [-0.25, -0.2) is 4.79 Å². The van der Waals surface area contributed by atoms with E-state index in [0.29, 0.717) is 5.52 Å². The Balaban J connectivity index is 1.81. The average Bonchev–Trinajstić information content (AvgIpc) is 2.83. The smallest absolute Gasteiger partial charge is 0.416 e. The number of alkyl halides is 3. The first-order valence-corrected chi connectivity index (χ1v) is 7.62. The van der Waals surface area contributed by atoms with E-state index < -0.39 is 17.7 Å². The molecule has 0 amide bonds. The molecule has 0 bridgehead atoms. The standard InChI is InChI=1S/C16H10F3NO3S/c17-16(18,19)10-4-3-5-11(8-10)23-14(21)9-20-12-6-1-2-7-13(12)24-15(20)22/h1-8H,9H2. The molecule has 124 valence electrons. The molecule has 1 heterocycles. The maximum atomic E-state index is 12.7. The third kappa shape index (κ3) is 3.33. The van der Waals surface area contributed by atoms with Gasteiger partial charge in [0.1, 0.15) is 12.3 Å². The molecule has 0 N–H and O–H groups in total. The molecule has 2 aromatic carbocycles. The van der Waals surface area contributed by atoms with Crippen molar-refractivity contribution in [3.05, 3.63) is 63.8 Å². The zero-order valence-corrected chi connectivity index (χ0v) is 12.9. The molecule has 1 aromatic heterocycles. The molecule has 0 fully saturated rings. The molecule has 0 aliphatic carbocycles. The maximum absolute atomic E-state index is 12.7. The van der Waals surface area contributed by atoms with Crippen molar-refractivity contribution in [2.24, 2.45) is 0 Å². The molecule has 0 saturated heterocycles. The monoisotopic (exact) mass is 353 g/mol. The van der Waals surface area contributed by atoms with E-state index in [4.69, 9.17) is 4.74 Å². The number of benzene rings is 2. The molecular weight excluding hydrogens is 343 g/mol. The number of aromatic nitrogens is 1. The van der Waals surface area contributed by atoms with Gasteiger partial charge in [0.2, 0.25) is 0 Å². The normalized spacial score (nSPS) is 11.6. The van der Waals surface area contributed by atoms with E-state index in [1.807, 2.05) is 0 Å². The largest absolute Gasteiger partial charge is 0.425 e. The number of thiazole rings is 1. The first-order chi connectivity index (χ1) is 11.3. The third-order valence-electron chi connectivity index (χ3n) is 3.25. The van der Waals surface area contributed by atoms with Crippen molar-refractivity contribution in [2.45, 2.75) is 12.7 Å². The van der Waals surface area contributed by atoms with Crippen LogP contribution in [0.3, 0.4) is 0 Å². The fourth-order valence-electron chi connectivity index (χ4n) is 2.19. The van der Waals surface area contributed by atoms with Crippen molar-refractivity contribution in [3.8, 4) is 5.75 Å². The van der Waals surface area contributed by atoms with E-state index >= 15 is 0 Å². The first-order valence-electron chi connectivity index (χ1n) is 6.81. The van der Waals surface area contributed by atoms with Crippen molar-refractivity contribution < 1.29 is 22.7 Å². The zero-order valence-electron chi connectivity index (χ0n) is 12.0. The Morgan fingerprint density at radius 1 is 1.12 bits per heavy atom. The number of hydrogen-bond donors (Lipinski definition) is 0. The average molecular weight is 353 g/mol. The summed E-state index contributed by atoms with van der Waals surface area (Å²) in [6.07, 6.45) is -4.52. The lowest BCUT2D eigenvalue weighted by molar-refractivity contribution is -0.139.